The Bertz CT molecular complexity index is 207. The Morgan fingerprint density at radius 1 is 1.25 bits per heavy atom. The number of hydrogen-bond acceptors (Lipinski definition) is 4. The SMILES string of the molecule is CCN1CCC(C(O)CN2CCOCC2)C1. The summed E-state index contributed by atoms with van der Waals surface area (Å²) in [5.74, 6) is 0.475. The Morgan fingerprint density at radius 2 is 2.00 bits per heavy atom. The zero-order chi connectivity index (χ0) is 11.4. The average molecular weight is 228 g/mol. The van der Waals surface area contributed by atoms with Gasteiger partial charge in [-0.15, -0.1) is 0 Å². The number of morpholine rings is 1. The molecule has 16 heavy (non-hydrogen) atoms. The average Bonchev–Trinajstić information content (AvgIpc) is 2.79. The van der Waals surface area contributed by atoms with Crippen LogP contribution in [0, 0.1) is 5.92 Å². The number of aliphatic hydroxyl groups excluding tert-OH is 1. The van der Waals surface area contributed by atoms with Crippen LogP contribution in [0.1, 0.15) is 13.3 Å². The van der Waals surface area contributed by atoms with E-state index in [-0.39, 0.29) is 6.10 Å². The Balaban J connectivity index is 1.72. The lowest BCUT2D eigenvalue weighted by Gasteiger charge is -2.30. The summed E-state index contributed by atoms with van der Waals surface area (Å²) in [6.07, 6.45) is 0.994. The van der Waals surface area contributed by atoms with Crippen molar-refractivity contribution in [3.8, 4) is 0 Å². The molecule has 4 heteroatoms. The molecule has 0 amide bonds. The summed E-state index contributed by atoms with van der Waals surface area (Å²) in [4.78, 5) is 4.75. The molecule has 0 aromatic carbocycles. The van der Waals surface area contributed by atoms with E-state index in [2.05, 4.69) is 16.7 Å². The lowest BCUT2D eigenvalue weighted by atomic mass is 10.0. The third kappa shape index (κ3) is 3.17. The zero-order valence-electron chi connectivity index (χ0n) is 10.3. The molecule has 0 bridgehead atoms. The van der Waals surface area contributed by atoms with Crippen molar-refractivity contribution in [1.29, 1.82) is 0 Å². The maximum Gasteiger partial charge on any atom is 0.0707 e. The fourth-order valence-corrected chi connectivity index (χ4v) is 2.66. The van der Waals surface area contributed by atoms with E-state index < -0.39 is 0 Å². The monoisotopic (exact) mass is 228 g/mol. The molecule has 2 heterocycles. The summed E-state index contributed by atoms with van der Waals surface area (Å²) in [6.45, 7) is 9.94. The van der Waals surface area contributed by atoms with Crippen LogP contribution >= 0.6 is 0 Å². The highest BCUT2D eigenvalue weighted by molar-refractivity contribution is 4.82. The number of likely N-dealkylation sites (tertiary alicyclic amines) is 1. The van der Waals surface area contributed by atoms with Gasteiger partial charge in [-0.05, 0) is 19.5 Å². The van der Waals surface area contributed by atoms with Gasteiger partial charge < -0.3 is 14.7 Å². The first-order valence-electron chi connectivity index (χ1n) is 6.50. The van der Waals surface area contributed by atoms with Crippen molar-refractivity contribution < 1.29 is 9.84 Å². The second-order valence-electron chi connectivity index (χ2n) is 4.92. The maximum atomic E-state index is 10.2. The molecule has 0 radical (unpaired) electrons. The van der Waals surface area contributed by atoms with E-state index in [0.29, 0.717) is 5.92 Å². The van der Waals surface area contributed by atoms with Gasteiger partial charge in [-0.2, -0.15) is 0 Å². The van der Waals surface area contributed by atoms with Crippen molar-refractivity contribution in [2.75, 3.05) is 52.5 Å². The molecule has 1 N–H and O–H groups in total. The Kier molecular flexibility index (Phi) is 4.58. The lowest BCUT2D eigenvalue weighted by Crippen LogP contribution is -2.43. The third-order valence-electron chi connectivity index (χ3n) is 3.85. The van der Waals surface area contributed by atoms with Gasteiger partial charge in [-0.25, -0.2) is 0 Å². The van der Waals surface area contributed by atoms with Gasteiger partial charge >= 0.3 is 0 Å². The fourth-order valence-electron chi connectivity index (χ4n) is 2.66. The molecular weight excluding hydrogens is 204 g/mol. The molecule has 2 rings (SSSR count). The molecule has 0 aromatic heterocycles. The molecule has 2 unspecified atom stereocenters. The fraction of sp³-hybridized carbons (Fsp3) is 1.00. The van der Waals surface area contributed by atoms with Crippen LogP contribution in [-0.2, 0) is 4.74 Å². The Labute approximate surface area is 98.2 Å². The van der Waals surface area contributed by atoms with E-state index in [4.69, 9.17) is 4.74 Å². The molecule has 0 aromatic rings. The minimum Gasteiger partial charge on any atom is -0.391 e. The van der Waals surface area contributed by atoms with Crippen LogP contribution in [0.25, 0.3) is 0 Å². The largest absolute Gasteiger partial charge is 0.391 e. The number of β-amino-alcohol motifs (C(OH)–C–C–N with tert-alkyl or cyclic N) is 1. The van der Waals surface area contributed by atoms with Crippen LogP contribution in [0.15, 0.2) is 0 Å². The lowest BCUT2D eigenvalue weighted by molar-refractivity contribution is 0.00200. The van der Waals surface area contributed by atoms with Crippen LogP contribution in [0.5, 0.6) is 0 Å². The van der Waals surface area contributed by atoms with E-state index in [1.54, 1.807) is 0 Å². The van der Waals surface area contributed by atoms with Gasteiger partial charge in [0.25, 0.3) is 0 Å². The van der Waals surface area contributed by atoms with Gasteiger partial charge in [-0.1, -0.05) is 6.92 Å². The van der Waals surface area contributed by atoms with Crippen LogP contribution in [0.2, 0.25) is 0 Å². The summed E-state index contributed by atoms with van der Waals surface area (Å²) in [5.41, 5.74) is 0. The predicted molar refractivity (Wildman–Crippen MR) is 63.5 cm³/mol. The Hall–Kier alpha value is -0.160. The second kappa shape index (κ2) is 5.96. The highest BCUT2D eigenvalue weighted by atomic mass is 16.5. The molecule has 2 saturated heterocycles. The third-order valence-corrected chi connectivity index (χ3v) is 3.85. The molecule has 2 atom stereocenters. The number of ether oxygens (including phenoxy) is 1. The highest BCUT2D eigenvalue weighted by Crippen LogP contribution is 2.20. The second-order valence-corrected chi connectivity index (χ2v) is 4.92. The first-order valence-corrected chi connectivity index (χ1v) is 6.50. The predicted octanol–water partition coefficient (Wildman–Crippen LogP) is 0.0213. The highest BCUT2D eigenvalue weighted by Gasteiger charge is 2.28. The molecule has 0 aliphatic carbocycles. The zero-order valence-corrected chi connectivity index (χ0v) is 10.3. The molecular formula is C12H24N2O2. The summed E-state index contributed by atoms with van der Waals surface area (Å²) >= 11 is 0. The van der Waals surface area contributed by atoms with Crippen molar-refractivity contribution in [2.24, 2.45) is 5.92 Å². The first-order chi connectivity index (χ1) is 7.79. The number of hydrogen-bond donors (Lipinski definition) is 1. The van der Waals surface area contributed by atoms with Crippen molar-refractivity contribution in [2.45, 2.75) is 19.4 Å². The van der Waals surface area contributed by atoms with Crippen molar-refractivity contribution >= 4 is 0 Å². The molecule has 0 saturated carbocycles. The van der Waals surface area contributed by atoms with Crippen LogP contribution in [-0.4, -0.2) is 73.5 Å². The van der Waals surface area contributed by atoms with Gasteiger partial charge in [0, 0.05) is 32.1 Å². The van der Waals surface area contributed by atoms with E-state index in [9.17, 15) is 5.11 Å². The van der Waals surface area contributed by atoms with Crippen LogP contribution in [0.4, 0.5) is 0 Å². The van der Waals surface area contributed by atoms with Crippen LogP contribution in [0.3, 0.4) is 0 Å². The van der Waals surface area contributed by atoms with Crippen molar-refractivity contribution in [3.63, 3.8) is 0 Å². The number of aliphatic hydroxyl groups is 1. The topological polar surface area (TPSA) is 35.9 Å². The minimum absolute atomic E-state index is 0.158. The quantitative estimate of drug-likeness (QED) is 0.736. The maximum absolute atomic E-state index is 10.2. The summed E-state index contributed by atoms with van der Waals surface area (Å²) < 4.78 is 5.31. The molecule has 4 nitrogen and oxygen atoms in total. The van der Waals surface area contributed by atoms with Gasteiger partial charge in [-0.3, -0.25) is 4.90 Å². The molecule has 2 aliphatic rings. The summed E-state index contributed by atoms with van der Waals surface area (Å²) in [6, 6.07) is 0. The number of rotatable bonds is 4. The molecule has 2 fully saturated rings. The number of nitrogens with zero attached hydrogens (tertiary/aromatic N) is 2. The van der Waals surface area contributed by atoms with Gasteiger partial charge in [0.05, 0.1) is 19.3 Å². The van der Waals surface area contributed by atoms with E-state index in [1.807, 2.05) is 0 Å². The van der Waals surface area contributed by atoms with Gasteiger partial charge in [0.15, 0.2) is 0 Å². The summed E-state index contributed by atoms with van der Waals surface area (Å²) in [5, 5.41) is 10.2. The summed E-state index contributed by atoms with van der Waals surface area (Å²) in [7, 11) is 0. The van der Waals surface area contributed by atoms with Crippen molar-refractivity contribution in [3.05, 3.63) is 0 Å². The van der Waals surface area contributed by atoms with Crippen molar-refractivity contribution in [1.82, 2.24) is 9.80 Å². The van der Waals surface area contributed by atoms with E-state index in [1.165, 1.54) is 0 Å². The van der Waals surface area contributed by atoms with Gasteiger partial charge in [0.1, 0.15) is 0 Å². The van der Waals surface area contributed by atoms with Gasteiger partial charge in [0.2, 0.25) is 0 Å². The molecule has 2 aliphatic heterocycles. The first kappa shape index (κ1) is 12.3. The molecule has 94 valence electrons. The molecule has 0 spiro atoms. The Morgan fingerprint density at radius 3 is 2.62 bits per heavy atom. The standard InChI is InChI=1S/C12H24N2O2/c1-2-13-4-3-11(9-13)12(15)10-14-5-7-16-8-6-14/h11-12,15H,2-10H2,1H3. The minimum atomic E-state index is -0.158. The normalized spacial score (nSPS) is 30.8. The van der Waals surface area contributed by atoms with E-state index in [0.717, 1.165) is 58.9 Å². The van der Waals surface area contributed by atoms with Crippen LogP contribution < -0.4 is 0 Å². The van der Waals surface area contributed by atoms with E-state index >= 15 is 0 Å². The smallest absolute Gasteiger partial charge is 0.0707 e.